The van der Waals surface area contributed by atoms with Crippen LogP contribution in [0.4, 0.5) is 5.69 Å². The molecule has 0 saturated carbocycles. The number of para-hydroxylation sites is 2. The number of hydrogen-bond donors (Lipinski definition) is 2. The third-order valence-electron chi connectivity index (χ3n) is 4.81. The van der Waals surface area contributed by atoms with Gasteiger partial charge in [0.15, 0.2) is 5.16 Å². The van der Waals surface area contributed by atoms with Crippen LogP contribution in [-0.2, 0) is 4.79 Å². The molecule has 0 saturated heterocycles. The number of hydrogen-bond acceptors (Lipinski definition) is 4. The summed E-state index contributed by atoms with van der Waals surface area (Å²) in [4.78, 5) is 21.0. The quantitative estimate of drug-likeness (QED) is 0.361. The van der Waals surface area contributed by atoms with Crippen LogP contribution in [0.25, 0.3) is 22.5 Å². The lowest BCUT2D eigenvalue weighted by atomic mass is 10.1. The van der Waals surface area contributed by atoms with Gasteiger partial charge >= 0.3 is 0 Å². The highest BCUT2D eigenvalue weighted by Gasteiger charge is 2.20. The first-order valence-corrected chi connectivity index (χ1v) is 10.8. The third kappa shape index (κ3) is 4.81. The second-order valence-corrected chi connectivity index (χ2v) is 8.28. The highest BCUT2D eigenvalue weighted by Crippen LogP contribution is 2.34. The molecule has 0 bridgehead atoms. The Bertz CT molecular complexity index is 1100. The molecule has 4 rings (SSSR count). The second-order valence-electron chi connectivity index (χ2n) is 6.95. The van der Waals surface area contributed by atoms with E-state index in [-0.39, 0.29) is 11.2 Å². The number of methoxy groups -OCH3 is 1. The summed E-state index contributed by atoms with van der Waals surface area (Å²) < 4.78 is 5.32. The van der Waals surface area contributed by atoms with Crippen molar-refractivity contribution in [1.29, 1.82) is 0 Å². The fourth-order valence-corrected chi connectivity index (χ4v) is 4.04. The summed E-state index contributed by atoms with van der Waals surface area (Å²) in [5.41, 5.74) is 4.53. The molecule has 1 amide bonds. The number of nitrogens with one attached hydrogen (secondary N) is 2. The molecular formula is C25H23N3O2S. The van der Waals surface area contributed by atoms with E-state index in [1.807, 2.05) is 91.9 Å². The molecule has 0 fully saturated rings. The van der Waals surface area contributed by atoms with Crippen molar-refractivity contribution >= 4 is 23.4 Å². The average Bonchev–Trinajstić information content (AvgIpc) is 3.24. The monoisotopic (exact) mass is 429 g/mol. The summed E-state index contributed by atoms with van der Waals surface area (Å²) in [5, 5.41) is 3.28. The van der Waals surface area contributed by atoms with Gasteiger partial charge in [-0.3, -0.25) is 4.79 Å². The van der Waals surface area contributed by atoms with Gasteiger partial charge in [0.1, 0.15) is 5.75 Å². The molecule has 31 heavy (non-hydrogen) atoms. The highest BCUT2D eigenvalue weighted by molar-refractivity contribution is 8.00. The smallest absolute Gasteiger partial charge is 0.237 e. The number of benzene rings is 3. The SMILES string of the molecule is COc1ccccc1NC(=O)C(C)Sc1nc(-c2ccccc2)c(-c2ccccc2)[nH]1. The molecule has 0 aliphatic carbocycles. The molecular weight excluding hydrogens is 406 g/mol. The van der Waals surface area contributed by atoms with Gasteiger partial charge in [-0.2, -0.15) is 0 Å². The van der Waals surface area contributed by atoms with Crippen LogP contribution in [-0.4, -0.2) is 28.2 Å². The normalized spacial score (nSPS) is 11.7. The van der Waals surface area contributed by atoms with Gasteiger partial charge in [0.05, 0.1) is 29.4 Å². The van der Waals surface area contributed by atoms with Crippen molar-refractivity contribution in [1.82, 2.24) is 9.97 Å². The van der Waals surface area contributed by atoms with Gasteiger partial charge in [0, 0.05) is 11.1 Å². The lowest BCUT2D eigenvalue weighted by Gasteiger charge is -2.13. The molecule has 6 heteroatoms. The van der Waals surface area contributed by atoms with E-state index >= 15 is 0 Å². The van der Waals surface area contributed by atoms with Gasteiger partial charge < -0.3 is 15.0 Å². The number of imidazole rings is 1. The lowest BCUT2D eigenvalue weighted by Crippen LogP contribution is -2.22. The van der Waals surface area contributed by atoms with E-state index in [1.165, 1.54) is 11.8 Å². The predicted molar refractivity (Wildman–Crippen MR) is 126 cm³/mol. The highest BCUT2D eigenvalue weighted by atomic mass is 32.2. The van der Waals surface area contributed by atoms with Gasteiger partial charge in [0.25, 0.3) is 0 Å². The Morgan fingerprint density at radius 1 is 0.935 bits per heavy atom. The minimum Gasteiger partial charge on any atom is -0.495 e. The van der Waals surface area contributed by atoms with Crippen LogP contribution < -0.4 is 10.1 Å². The summed E-state index contributed by atoms with van der Waals surface area (Å²) in [6.45, 7) is 1.86. The summed E-state index contributed by atoms with van der Waals surface area (Å²) in [6, 6.07) is 27.5. The number of anilines is 1. The van der Waals surface area contributed by atoms with E-state index in [2.05, 4.69) is 10.3 Å². The largest absolute Gasteiger partial charge is 0.495 e. The second kappa shape index (κ2) is 9.53. The van der Waals surface area contributed by atoms with Gasteiger partial charge in [0.2, 0.25) is 5.91 Å². The Morgan fingerprint density at radius 3 is 2.23 bits per heavy atom. The van der Waals surface area contributed by atoms with Crippen LogP contribution in [0.2, 0.25) is 0 Å². The first kappa shape index (κ1) is 20.8. The maximum Gasteiger partial charge on any atom is 0.237 e. The lowest BCUT2D eigenvalue weighted by molar-refractivity contribution is -0.115. The standard InChI is InChI=1S/C25H23N3O2S/c1-17(24(29)26-20-15-9-10-16-21(20)30-2)31-25-27-22(18-11-5-3-6-12-18)23(28-25)19-13-7-4-8-14-19/h3-17H,1-2H3,(H,26,29)(H,27,28). The molecule has 0 radical (unpaired) electrons. The van der Waals surface area contributed by atoms with E-state index in [0.29, 0.717) is 16.6 Å². The number of H-pyrrole nitrogens is 1. The zero-order valence-electron chi connectivity index (χ0n) is 17.3. The number of amides is 1. The average molecular weight is 430 g/mol. The molecule has 156 valence electrons. The summed E-state index contributed by atoms with van der Waals surface area (Å²) >= 11 is 1.39. The zero-order valence-corrected chi connectivity index (χ0v) is 18.1. The Kier molecular flexibility index (Phi) is 6.38. The topological polar surface area (TPSA) is 67.0 Å². The summed E-state index contributed by atoms with van der Waals surface area (Å²) in [5.74, 6) is 0.511. The molecule has 0 spiro atoms. The molecule has 4 aromatic rings. The molecule has 0 aliphatic heterocycles. The van der Waals surface area contributed by atoms with Gasteiger partial charge in [-0.05, 0) is 19.1 Å². The van der Waals surface area contributed by atoms with E-state index in [1.54, 1.807) is 7.11 Å². The number of ether oxygens (including phenoxy) is 1. The zero-order chi connectivity index (χ0) is 21.6. The first-order chi connectivity index (χ1) is 15.2. The molecule has 2 N–H and O–H groups in total. The number of aromatic amines is 1. The number of carbonyl (C=O) groups is 1. The molecule has 0 aliphatic rings. The van der Waals surface area contributed by atoms with Crippen molar-refractivity contribution in [2.45, 2.75) is 17.3 Å². The van der Waals surface area contributed by atoms with Crippen molar-refractivity contribution in [3.05, 3.63) is 84.9 Å². The van der Waals surface area contributed by atoms with Gasteiger partial charge in [-0.1, -0.05) is 84.6 Å². The van der Waals surface area contributed by atoms with E-state index in [9.17, 15) is 4.79 Å². The minimum absolute atomic E-state index is 0.117. The molecule has 3 aromatic carbocycles. The Balaban J connectivity index is 1.58. The molecule has 1 unspecified atom stereocenters. The summed E-state index contributed by atoms with van der Waals surface area (Å²) in [6.07, 6.45) is 0. The number of carbonyl (C=O) groups excluding carboxylic acids is 1. The Morgan fingerprint density at radius 2 is 1.55 bits per heavy atom. The van der Waals surface area contributed by atoms with Crippen LogP contribution in [0.1, 0.15) is 6.92 Å². The van der Waals surface area contributed by atoms with Gasteiger partial charge in [-0.15, -0.1) is 0 Å². The van der Waals surface area contributed by atoms with Crippen molar-refractivity contribution in [2.75, 3.05) is 12.4 Å². The first-order valence-electron chi connectivity index (χ1n) is 9.97. The Labute approximate surface area is 185 Å². The predicted octanol–water partition coefficient (Wildman–Crippen LogP) is 5.87. The van der Waals surface area contributed by atoms with Crippen LogP contribution >= 0.6 is 11.8 Å². The van der Waals surface area contributed by atoms with E-state index < -0.39 is 0 Å². The fourth-order valence-electron chi connectivity index (χ4n) is 3.23. The van der Waals surface area contributed by atoms with E-state index in [4.69, 9.17) is 9.72 Å². The summed E-state index contributed by atoms with van der Waals surface area (Å²) in [7, 11) is 1.59. The molecule has 1 aromatic heterocycles. The van der Waals surface area contributed by atoms with Crippen LogP contribution in [0.3, 0.4) is 0 Å². The maximum absolute atomic E-state index is 12.8. The number of aromatic nitrogens is 2. The van der Waals surface area contributed by atoms with Crippen molar-refractivity contribution in [2.24, 2.45) is 0 Å². The molecule has 5 nitrogen and oxygen atoms in total. The van der Waals surface area contributed by atoms with Crippen LogP contribution in [0.15, 0.2) is 90.1 Å². The fraction of sp³-hybridized carbons (Fsp3) is 0.120. The maximum atomic E-state index is 12.8. The Hall–Kier alpha value is -3.51. The number of thioether (sulfide) groups is 1. The molecule has 1 atom stereocenters. The minimum atomic E-state index is -0.358. The van der Waals surface area contributed by atoms with Crippen molar-refractivity contribution in [3.63, 3.8) is 0 Å². The van der Waals surface area contributed by atoms with Gasteiger partial charge in [-0.25, -0.2) is 4.98 Å². The number of nitrogens with zero attached hydrogens (tertiary/aromatic N) is 1. The van der Waals surface area contributed by atoms with E-state index in [0.717, 1.165) is 22.5 Å². The number of rotatable bonds is 7. The van der Waals surface area contributed by atoms with Crippen LogP contribution in [0, 0.1) is 0 Å². The van der Waals surface area contributed by atoms with Crippen LogP contribution in [0.5, 0.6) is 5.75 Å². The third-order valence-corrected chi connectivity index (χ3v) is 5.80. The van der Waals surface area contributed by atoms with Crippen molar-refractivity contribution in [3.8, 4) is 28.3 Å². The van der Waals surface area contributed by atoms with Crippen molar-refractivity contribution < 1.29 is 9.53 Å². The molecule has 1 heterocycles.